The molecule has 6 heteroatoms. The van der Waals surface area contributed by atoms with E-state index in [4.69, 9.17) is 4.74 Å². The van der Waals surface area contributed by atoms with Gasteiger partial charge in [0.05, 0.1) is 11.6 Å². The van der Waals surface area contributed by atoms with Gasteiger partial charge in [0.25, 0.3) is 5.91 Å². The first-order chi connectivity index (χ1) is 12.6. The van der Waals surface area contributed by atoms with Gasteiger partial charge in [-0.15, -0.1) is 11.3 Å². The lowest BCUT2D eigenvalue weighted by molar-refractivity contribution is 0.0947. The Morgan fingerprint density at radius 2 is 2.12 bits per heavy atom. The molecule has 0 spiro atoms. The number of nitrogens with one attached hydrogen (secondary N) is 1. The highest BCUT2D eigenvalue weighted by molar-refractivity contribution is 7.09. The summed E-state index contributed by atoms with van der Waals surface area (Å²) in [6, 6.07) is 9.80. The fourth-order valence-electron chi connectivity index (χ4n) is 2.60. The van der Waals surface area contributed by atoms with Gasteiger partial charge in [-0.05, 0) is 24.5 Å². The van der Waals surface area contributed by atoms with Crippen molar-refractivity contribution in [3.63, 3.8) is 0 Å². The Morgan fingerprint density at radius 1 is 1.27 bits per heavy atom. The Balaban J connectivity index is 1.44. The van der Waals surface area contributed by atoms with E-state index >= 15 is 0 Å². The summed E-state index contributed by atoms with van der Waals surface area (Å²) < 4.78 is 5.83. The number of hydrogen-bond donors (Lipinski definition) is 1. The summed E-state index contributed by atoms with van der Waals surface area (Å²) in [5, 5.41) is 6.79. The topological polar surface area (TPSA) is 64.1 Å². The van der Waals surface area contributed by atoms with Crippen LogP contribution in [-0.2, 0) is 6.42 Å². The fourth-order valence-corrected chi connectivity index (χ4v) is 3.59. The van der Waals surface area contributed by atoms with E-state index in [0.717, 1.165) is 34.5 Å². The van der Waals surface area contributed by atoms with Gasteiger partial charge in [-0.25, -0.2) is 4.98 Å². The molecule has 0 aliphatic rings. The molecule has 2 heterocycles. The number of aromatic nitrogens is 2. The number of hydrogen-bond acceptors (Lipinski definition) is 5. The van der Waals surface area contributed by atoms with Gasteiger partial charge in [-0.2, -0.15) is 0 Å². The summed E-state index contributed by atoms with van der Waals surface area (Å²) in [7, 11) is 0. The van der Waals surface area contributed by atoms with Crippen LogP contribution in [0.5, 0.6) is 5.75 Å². The van der Waals surface area contributed by atoms with Gasteiger partial charge in [0.2, 0.25) is 0 Å². The van der Waals surface area contributed by atoms with Crippen molar-refractivity contribution in [2.45, 2.75) is 26.7 Å². The highest BCUT2D eigenvalue weighted by atomic mass is 32.1. The molecular weight excluding hydrogens is 346 g/mol. The third-order valence-electron chi connectivity index (χ3n) is 3.83. The van der Waals surface area contributed by atoms with E-state index in [0.29, 0.717) is 24.8 Å². The molecule has 0 unspecified atom stereocenters. The average Bonchev–Trinajstić information content (AvgIpc) is 3.09. The third-order valence-corrected chi connectivity index (χ3v) is 4.70. The molecule has 5 nitrogen and oxygen atoms in total. The molecule has 0 aliphatic carbocycles. The van der Waals surface area contributed by atoms with E-state index in [2.05, 4.69) is 29.1 Å². The van der Waals surface area contributed by atoms with Crippen LogP contribution in [-0.4, -0.2) is 29.0 Å². The van der Waals surface area contributed by atoms with Crippen LogP contribution in [0.4, 0.5) is 0 Å². The molecule has 0 atom stereocenters. The second-order valence-corrected chi connectivity index (χ2v) is 7.46. The zero-order chi connectivity index (χ0) is 18.4. The van der Waals surface area contributed by atoms with Crippen molar-refractivity contribution in [3.05, 3.63) is 52.6 Å². The Bertz CT molecular complexity index is 871. The Kier molecular flexibility index (Phi) is 6.17. The molecular formula is C20H23N3O2S. The van der Waals surface area contributed by atoms with Crippen LogP contribution in [0, 0.1) is 5.92 Å². The molecule has 2 aromatic heterocycles. The monoisotopic (exact) mass is 369 g/mol. The number of benzene rings is 1. The zero-order valence-corrected chi connectivity index (χ0v) is 15.9. The maximum absolute atomic E-state index is 12.1. The standard InChI is InChI=1S/C20H23N3O2S/c1-14(2)12-18-23-16(13-26-18)20(24)22-10-5-11-25-17-8-3-6-15-7-4-9-21-19(15)17/h3-4,6-9,13-14H,5,10-12H2,1-2H3,(H,22,24). The lowest BCUT2D eigenvalue weighted by Gasteiger charge is -2.09. The first kappa shape index (κ1) is 18.3. The third kappa shape index (κ3) is 4.79. The van der Waals surface area contributed by atoms with Crippen molar-refractivity contribution < 1.29 is 9.53 Å². The van der Waals surface area contributed by atoms with Crippen molar-refractivity contribution in [2.24, 2.45) is 5.92 Å². The SMILES string of the molecule is CC(C)Cc1nc(C(=O)NCCCOc2cccc3cccnc23)cs1. The van der Waals surface area contributed by atoms with Gasteiger partial charge in [-0.1, -0.05) is 32.0 Å². The quantitative estimate of drug-likeness (QED) is 0.608. The Hall–Kier alpha value is -2.47. The van der Waals surface area contributed by atoms with Gasteiger partial charge in [0.15, 0.2) is 0 Å². The second kappa shape index (κ2) is 8.76. The van der Waals surface area contributed by atoms with Crippen LogP contribution in [0.3, 0.4) is 0 Å². The summed E-state index contributed by atoms with van der Waals surface area (Å²) in [6.07, 6.45) is 3.39. The maximum atomic E-state index is 12.1. The summed E-state index contributed by atoms with van der Waals surface area (Å²) in [4.78, 5) is 20.9. The molecule has 3 aromatic rings. The summed E-state index contributed by atoms with van der Waals surface area (Å²) in [6.45, 7) is 5.36. The predicted octanol–water partition coefficient (Wildman–Crippen LogP) is 4.09. The van der Waals surface area contributed by atoms with Crippen molar-refractivity contribution in [2.75, 3.05) is 13.2 Å². The summed E-state index contributed by atoms with van der Waals surface area (Å²) in [5.41, 5.74) is 1.36. The first-order valence-corrected chi connectivity index (χ1v) is 9.70. The van der Waals surface area contributed by atoms with Gasteiger partial charge >= 0.3 is 0 Å². The number of pyridine rings is 1. The number of ether oxygens (including phenoxy) is 1. The van der Waals surface area contributed by atoms with Gasteiger partial charge in [0, 0.05) is 29.9 Å². The molecule has 26 heavy (non-hydrogen) atoms. The molecule has 1 aromatic carbocycles. The molecule has 1 N–H and O–H groups in total. The van der Waals surface area contributed by atoms with Crippen molar-refractivity contribution in [3.8, 4) is 5.75 Å². The predicted molar refractivity (Wildman–Crippen MR) is 105 cm³/mol. The molecule has 0 aliphatic heterocycles. The molecule has 0 saturated carbocycles. The molecule has 0 saturated heterocycles. The fraction of sp³-hybridized carbons (Fsp3) is 0.350. The Morgan fingerprint density at radius 3 is 2.96 bits per heavy atom. The van der Waals surface area contributed by atoms with E-state index in [1.165, 1.54) is 0 Å². The number of rotatable bonds is 8. The van der Waals surface area contributed by atoms with Crippen LogP contribution >= 0.6 is 11.3 Å². The highest BCUT2D eigenvalue weighted by Crippen LogP contribution is 2.22. The van der Waals surface area contributed by atoms with Gasteiger partial charge in [-0.3, -0.25) is 9.78 Å². The normalized spacial score (nSPS) is 11.0. The molecule has 3 rings (SSSR count). The highest BCUT2D eigenvalue weighted by Gasteiger charge is 2.11. The van der Waals surface area contributed by atoms with E-state index in [-0.39, 0.29) is 5.91 Å². The Labute approximate surface area is 157 Å². The molecule has 0 bridgehead atoms. The summed E-state index contributed by atoms with van der Waals surface area (Å²) >= 11 is 1.54. The van der Waals surface area contributed by atoms with E-state index in [9.17, 15) is 4.79 Å². The largest absolute Gasteiger partial charge is 0.491 e. The van der Waals surface area contributed by atoms with Gasteiger partial charge < -0.3 is 10.1 Å². The smallest absolute Gasteiger partial charge is 0.270 e. The minimum Gasteiger partial charge on any atom is -0.491 e. The number of thiazole rings is 1. The van der Waals surface area contributed by atoms with Crippen LogP contribution in [0.2, 0.25) is 0 Å². The molecule has 136 valence electrons. The lowest BCUT2D eigenvalue weighted by Crippen LogP contribution is -2.25. The van der Waals surface area contributed by atoms with Crippen molar-refractivity contribution in [1.82, 2.24) is 15.3 Å². The molecule has 0 fully saturated rings. The number of nitrogens with zero attached hydrogens (tertiary/aromatic N) is 2. The van der Waals surface area contributed by atoms with E-state index < -0.39 is 0 Å². The van der Waals surface area contributed by atoms with Crippen molar-refractivity contribution in [1.29, 1.82) is 0 Å². The van der Waals surface area contributed by atoms with Gasteiger partial charge in [0.1, 0.15) is 17.0 Å². The minimum absolute atomic E-state index is 0.122. The number of fused-ring (bicyclic) bond motifs is 1. The van der Waals surface area contributed by atoms with Crippen molar-refractivity contribution >= 4 is 28.1 Å². The first-order valence-electron chi connectivity index (χ1n) is 8.82. The van der Waals surface area contributed by atoms with E-state index in [1.54, 1.807) is 17.5 Å². The molecule has 0 radical (unpaired) electrons. The van der Waals surface area contributed by atoms with Crippen LogP contribution in [0.15, 0.2) is 41.9 Å². The second-order valence-electron chi connectivity index (χ2n) is 6.51. The number of carbonyl (C=O) groups is 1. The van der Waals surface area contributed by atoms with Crippen LogP contribution in [0.25, 0.3) is 10.9 Å². The number of para-hydroxylation sites is 1. The lowest BCUT2D eigenvalue weighted by atomic mass is 10.1. The van der Waals surface area contributed by atoms with Crippen LogP contribution < -0.4 is 10.1 Å². The van der Waals surface area contributed by atoms with E-state index in [1.807, 2.05) is 35.7 Å². The van der Waals surface area contributed by atoms with Crippen LogP contribution in [0.1, 0.15) is 35.8 Å². The summed E-state index contributed by atoms with van der Waals surface area (Å²) in [5.74, 6) is 1.19. The average molecular weight is 369 g/mol. The molecule has 1 amide bonds. The number of amides is 1. The minimum atomic E-state index is -0.122. The maximum Gasteiger partial charge on any atom is 0.270 e. The zero-order valence-electron chi connectivity index (χ0n) is 15.1. The number of carbonyl (C=O) groups excluding carboxylic acids is 1.